The van der Waals surface area contributed by atoms with Crippen LogP contribution in [-0.4, -0.2) is 13.2 Å². The molecule has 1 unspecified atom stereocenters. The van der Waals surface area contributed by atoms with Crippen LogP contribution >= 0.6 is 0 Å². The maximum Gasteiger partial charge on any atom is 0.165 e. The summed E-state index contributed by atoms with van der Waals surface area (Å²) in [4.78, 5) is 0. The first kappa shape index (κ1) is 15.5. The van der Waals surface area contributed by atoms with Crippen molar-refractivity contribution >= 4 is 0 Å². The summed E-state index contributed by atoms with van der Waals surface area (Å²) in [5, 5.41) is 3.33. The summed E-state index contributed by atoms with van der Waals surface area (Å²) in [5.41, 5.74) is 0.937. The number of halogens is 1. The Kier molecular flexibility index (Phi) is 6.99. The van der Waals surface area contributed by atoms with Crippen LogP contribution in [0.1, 0.15) is 45.2 Å². The summed E-state index contributed by atoms with van der Waals surface area (Å²) in [6.07, 6.45) is 1.68. The van der Waals surface area contributed by atoms with Gasteiger partial charge in [0.15, 0.2) is 11.6 Å². The summed E-state index contributed by atoms with van der Waals surface area (Å²) < 4.78 is 19.2. The molecule has 0 aromatic heterocycles. The maximum atomic E-state index is 13.9. The monoisotopic (exact) mass is 263 g/mol. The molecule has 2 nitrogen and oxygen atoms in total. The van der Waals surface area contributed by atoms with Crippen molar-refractivity contribution in [3.63, 3.8) is 0 Å². The Bertz CT molecular complexity index is 448. The molecular weight excluding hydrogens is 241 g/mol. The van der Waals surface area contributed by atoms with E-state index in [2.05, 4.69) is 24.1 Å². The molecule has 0 heterocycles. The van der Waals surface area contributed by atoms with Crippen LogP contribution < -0.4 is 10.1 Å². The molecule has 0 amide bonds. The van der Waals surface area contributed by atoms with Crippen molar-refractivity contribution in [3.05, 3.63) is 29.6 Å². The van der Waals surface area contributed by atoms with E-state index in [1.807, 2.05) is 13.0 Å². The van der Waals surface area contributed by atoms with E-state index >= 15 is 0 Å². The number of nitrogens with one attached hydrogen (secondary N) is 1. The van der Waals surface area contributed by atoms with Crippen molar-refractivity contribution < 1.29 is 9.13 Å². The van der Waals surface area contributed by atoms with Crippen LogP contribution in [-0.2, 0) is 0 Å². The lowest BCUT2D eigenvalue weighted by Gasteiger charge is -2.14. The molecule has 3 heteroatoms. The first-order valence-electron chi connectivity index (χ1n) is 6.74. The van der Waals surface area contributed by atoms with Crippen LogP contribution in [0.5, 0.6) is 5.75 Å². The Morgan fingerprint density at radius 1 is 1.42 bits per heavy atom. The molecule has 1 N–H and O–H groups in total. The van der Waals surface area contributed by atoms with Gasteiger partial charge in [-0.1, -0.05) is 13.0 Å². The van der Waals surface area contributed by atoms with Gasteiger partial charge in [-0.15, -0.1) is 11.8 Å². The summed E-state index contributed by atoms with van der Waals surface area (Å²) >= 11 is 0. The highest BCUT2D eigenvalue weighted by atomic mass is 19.1. The molecular formula is C16H22FNO. The van der Waals surface area contributed by atoms with Gasteiger partial charge >= 0.3 is 0 Å². The van der Waals surface area contributed by atoms with Gasteiger partial charge in [-0.25, -0.2) is 4.39 Å². The normalized spacial score (nSPS) is 11.6. The quantitative estimate of drug-likeness (QED) is 0.598. The van der Waals surface area contributed by atoms with Crippen LogP contribution in [0.2, 0.25) is 0 Å². The van der Waals surface area contributed by atoms with Crippen molar-refractivity contribution in [3.8, 4) is 17.6 Å². The van der Waals surface area contributed by atoms with Gasteiger partial charge in [0.05, 0.1) is 6.61 Å². The first-order valence-corrected chi connectivity index (χ1v) is 6.74. The number of benzene rings is 1. The van der Waals surface area contributed by atoms with Crippen LogP contribution in [0.3, 0.4) is 0 Å². The van der Waals surface area contributed by atoms with E-state index in [0.717, 1.165) is 18.5 Å². The van der Waals surface area contributed by atoms with Crippen molar-refractivity contribution in [2.75, 3.05) is 13.2 Å². The number of hydrogen-bond donors (Lipinski definition) is 1. The van der Waals surface area contributed by atoms with Crippen molar-refractivity contribution in [2.45, 2.75) is 39.7 Å². The second-order valence-electron chi connectivity index (χ2n) is 4.39. The van der Waals surface area contributed by atoms with Crippen molar-refractivity contribution in [2.24, 2.45) is 0 Å². The molecule has 0 radical (unpaired) electrons. The lowest BCUT2D eigenvalue weighted by Crippen LogP contribution is -2.19. The molecule has 1 rings (SSSR count). The Morgan fingerprint density at radius 3 is 2.84 bits per heavy atom. The summed E-state index contributed by atoms with van der Waals surface area (Å²) in [6, 6.07) is 5.27. The average Bonchev–Trinajstić information content (AvgIpc) is 2.42. The zero-order valence-corrected chi connectivity index (χ0v) is 11.9. The largest absolute Gasteiger partial charge is 0.490 e. The van der Waals surface area contributed by atoms with Crippen molar-refractivity contribution in [1.29, 1.82) is 0 Å². The molecule has 0 saturated heterocycles. The average molecular weight is 263 g/mol. The topological polar surface area (TPSA) is 21.3 Å². The molecule has 0 bridgehead atoms. The van der Waals surface area contributed by atoms with E-state index in [4.69, 9.17) is 4.74 Å². The molecule has 0 spiro atoms. The van der Waals surface area contributed by atoms with Gasteiger partial charge in [-0.3, -0.25) is 0 Å². The van der Waals surface area contributed by atoms with E-state index in [-0.39, 0.29) is 11.9 Å². The van der Waals surface area contributed by atoms with E-state index < -0.39 is 0 Å². The van der Waals surface area contributed by atoms with Gasteiger partial charge in [0.1, 0.15) is 0 Å². The lowest BCUT2D eigenvalue weighted by molar-refractivity contribution is 0.309. The Hall–Kier alpha value is -1.53. The smallest absolute Gasteiger partial charge is 0.165 e. The van der Waals surface area contributed by atoms with E-state index in [1.165, 1.54) is 6.07 Å². The fourth-order valence-corrected chi connectivity index (χ4v) is 1.72. The molecule has 0 aliphatic heterocycles. The third-order valence-electron chi connectivity index (χ3n) is 2.82. The number of ether oxygens (including phenoxy) is 1. The Labute approximate surface area is 115 Å². The van der Waals surface area contributed by atoms with E-state index in [9.17, 15) is 4.39 Å². The van der Waals surface area contributed by atoms with Gasteiger partial charge in [-0.05, 0) is 44.5 Å². The summed E-state index contributed by atoms with van der Waals surface area (Å²) in [6.45, 7) is 7.26. The fraction of sp³-hybridized carbons (Fsp3) is 0.500. The predicted octanol–water partition coefficient (Wildman–Crippen LogP) is 3.68. The fourth-order valence-electron chi connectivity index (χ4n) is 1.72. The first-order chi connectivity index (χ1) is 9.19. The molecule has 0 fully saturated rings. The van der Waals surface area contributed by atoms with Crippen LogP contribution in [0, 0.1) is 17.7 Å². The Balaban J connectivity index is 2.59. The summed E-state index contributed by atoms with van der Waals surface area (Å²) in [7, 11) is 0. The van der Waals surface area contributed by atoms with Crippen LogP contribution in [0.15, 0.2) is 18.2 Å². The Morgan fingerprint density at radius 2 is 2.21 bits per heavy atom. The van der Waals surface area contributed by atoms with Crippen LogP contribution in [0.25, 0.3) is 0 Å². The SMILES string of the molecule is CC#CCCOc1ccc(C(C)NCCC)cc1F. The predicted molar refractivity (Wildman–Crippen MR) is 76.7 cm³/mol. The highest BCUT2D eigenvalue weighted by molar-refractivity contribution is 5.31. The minimum absolute atomic E-state index is 0.148. The van der Waals surface area contributed by atoms with Gasteiger partial charge in [0, 0.05) is 12.5 Å². The van der Waals surface area contributed by atoms with Crippen molar-refractivity contribution in [1.82, 2.24) is 5.32 Å². The zero-order valence-electron chi connectivity index (χ0n) is 11.9. The third-order valence-corrected chi connectivity index (χ3v) is 2.82. The minimum Gasteiger partial charge on any atom is -0.490 e. The van der Waals surface area contributed by atoms with Gasteiger partial charge < -0.3 is 10.1 Å². The van der Waals surface area contributed by atoms with E-state index in [0.29, 0.717) is 18.8 Å². The molecule has 1 aromatic carbocycles. The van der Waals surface area contributed by atoms with Gasteiger partial charge in [-0.2, -0.15) is 0 Å². The standard InChI is InChI=1S/C16H22FNO/c1-4-6-7-11-19-16-9-8-14(12-15(16)17)13(3)18-10-5-2/h8-9,12-13,18H,5,7,10-11H2,1-3H3. The maximum absolute atomic E-state index is 13.9. The summed E-state index contributed by atoms with van der Waals surface area (Å²) in [5.74, 6) is 5.65. The zero-order chi connectivity index (χ0) is 14.1. The molecule has 0 aliphatic carbocycles. The number of hydrogen-bond acceptors (Lipinski definition) is 2. The molecule has 104 valence electrons. The molecule has 1 atom stereocenters. The molecule has 0 saturated carbocycles. The van der Waals surface area contributed by atoms with E-state index in [1.54, 1.807) is 13.0 Å². The molecule has 19 heavy (non-hydrogen) atoms. The highest BCUT2D eigenvalue weighted by Crippen LogP contribution is 2.22. The second-order valence-corrected chi connectivity index (χ2v) is 4.39. The lowest BCUT2D eigenvalue weighted by atomic mass is 10.1. The third kappa shape index (κ3) is 5.32. The molecule has 0 aliphatic rings. The van der Waals surface area contributed by atoms with Gasteiger partial charge in [0.25, 0.3) is 0 Å². The minimum atomic E-state index is -0.313. The number of rotatable bonds is 7. The van der Waals surface area contributed by atoms with Crippen LogP contribution in [0.4, 0.5) is 4.39 Å². The second kappa shape index (κ2) is 8.55. The van der Waals surface area contributed by atoms with Gasteiger partial charge in [0.2, 0.25) is 0 Å². The highest BCUT2D eigenvalue weighted by Gasteiger charge is 2.09. The molecule has 1 aromatic rings.